The Kier molecular flexibility index (Phi) is 7.41. The molecule has 1 N–H and O–H groups in total. The maximum atomic E-state index is 10.7. The molecule has 1 aliphatic rings. The molecular formula is C18H18N3O6+. The average Bonchev–Trinajstić information content (AvgIpc) is 3.29. The number of carbonyl (C=O) groups excluding carboxylic acids is 1. The molecule has 2 rings (SSSR count). The molecule has 0 bridgehead atoms. The third-order valence-corrected chi connectivity index (χ3v) is 3.45. The zero-order chi connectivity index (χ0) is 19.5. The summed E-state index contributed by atoms with van der Waals surface area (Å²) in [7, 11) is 0. The number of hydrogen-bond donors (Lipinski definition) is 1. The van der Waals surface area contributed by atoms with Crippen molar-refractivity contribution in [1.82, 2.24) is 4.90 Å². The Hall–Kier alpha value is -3.80. The fourth-order valence-electron chi connectivity index (χ4n) is 2.14. The topological polar surface area (TPSA) is 117 Å². The molecule has 140 valence electrons. The molecule has 2 heterocycles. The number of carbonyl (C=O) groups is 2. The summed E-state index contributed by atoms with van der Waals surface area (Å²) in [5.74, 6) is 0.00720. The quantitative estimate of drug-likeness (QED) is 0.215. The number of aliphatic carboxylic acids is 1. The molecule has 0 spiro atoms. The van der Waals surface area contributed by atoms with Crippen LogP contribution in [0.5, 0.6) is 0 Å². The van der Waals surface area contributed by atoms with Crippen molar-refractivity contribution in [2.75, 3.05) is 13.2 Å². The lowest BCUT2D eigenvalue weighted by atomic mass is 10.2. The molecule has 0 saturated carbocycles. The van der Waals surface area contributed by atoms with Crippen LogP contribution < -0.4 is 4.57 Å². The Bertz CT molecular complexity index is 828. The monoisotopic (exact) mass is 372 g/mol. The summed E-state index contributed by atoms with van der Waals surface area (Å²) in [6.07, 6.45) is 12.5. The molecule has 1 aromatic rings. The molecule has 0 atom stereocenters. The highest BCUT2D eigenvalue weighted by Gasteiger charge is 2.14. The number of nitriles is 1. The van der Waals surface area contributed by atoms with Crippen LogP contribution in [-0.2, 0) is 25.6 Å². The lowest BCUT2D eigenvalue weighted by molar-refractivity contribution is -0.700. The third kappa shape index (κ3) is 6.21. The van der Waals surface area contributed by atoms with Gasteiger partial charge in [-0.25, -0.2) is 0 Å². The molecule has 0 unspecified atom stereocenters. The zero-order valence-corrected chi connectivity index (χ0v) is 14.4. The normalized spacial score (nSPS) is 15.1. The Morgan fingerprint density at radius 1 is 1.48 bits per heavy atom. The predicted octanol–water partition coefficient (Wildman–Crippen LogP) is 1.32. The van der Waals surface area contributed by atoms with Crippen molar-refractivity contribution in [3.05, 3.63) is 60.5 Å². The largest absolute Gasteiger partial charge is 0.481 e. The van der Waals surface area contributed by atoms with Gasteiger partial charge >= 0.3 is 11.9 Å². The van der Waals surface area contributed by atoms with Crippen molar-refractivity contribution in [1.29, 1.82) is 5.26 Å². The van der Waals surface area contributed by atoms with E-state index in [0.29, 0.717) is 30.4 Å². The fourth-order valence-corrected chi connectivity index (χ4v) is 2.14. The summed E-state index contributed by atoms with van der Waals surface area (Å²) in [5, 5.41) is 18.0. The summed E-state index contributed by atoms with van der Waals surface area (Å²) < 4.78 is 16.9. The predicted molar refractivity (Wildman–Crippen MR) is 90.9 cm³/mol. The van der Waals surface area contributed by atoms with E-state index in [9.17, 15) is 14.9 Å². The van der Waals surface area contributed by atoms with Crippen molar-refractivity contribution in [2.45, 2.75) is 13.0 Å². The van der Waals surface area contributed by atoms with Crippen molar-refractivity contribution < 1.29 is 33.2 Å². The molecular weight excluding hydrogens is 354 g/mol. The maximum Gasteiger partial charge on any atom is 0.373 e. The van der Waals surface area contributed by atoms with Gasteiger partial charge in [0, 0.05) is 12.3 Å². The van der Waals surface area contributed by atoms with E-state index in [1.807, 2.05) is 6.07 Å². The number of aromatic nitrogens is 1. The van der Waals surface area contributed by atoms with Gasteiger partial charge in [0.05, 0.1) is 24.3 Å². The number of carboxylic acid groups (broad SMARTS) is 1. The first kappa shape index (κ1) is 19.5. The van der Waals surface area contributed by atoms with Crippen LogP contribution >= 0.6 is 0 Å². The minimum atomic E-state index is -0.906. The van der Waals surface area contributed by atoms with Crippen molar-refractivity contribution in [3.8, 4) is 6.07 Å². The lowest BCUT2D eigenvalue weighted by Gasteiger charge is -2.14. The van der Waals surface area contributed by atoms with E-state index in [0.717, 1.165) is 0 Å². The maximum absolute atomic E-state index is 10.7. The Balaban J connectivity index is 2.03. The first-order valence-corrected chi connectivity index (χ1v) is 7.98. The smallest absolute Gasteiger partial charge is 0.373 e. The van der Waals surface area contributed by atoms with E-state index in [1.54, 1.807) is 46.2 Å². The fraction of sp³-hybridized carbons (Fsp3) is 0.222. The number of ether oxygens (including phenoxy) is 2. The van der Waals surface area contributed by atoms with Crippen LogP contribution in [0.3, 0.4) is 0 Å². The van der Waals surface area contributed by atoms with E-state index < -0.39 is 5.97 Å². The lowest BCUT2D eigenvalue weighted by Crippen LogP contribution is -2.35. The third-order valence-electron chi connectivity index (χ3n) is 3.45. The summed E-state index contributed by atoms with van der Waals surface area (Å²) in [4.78, 5) is 22.6. The SMILES string of the molecule is N#CC(=C\C=C1/OC=CN1CCOC=O)/C=C/c1occ[n+]1CCC(=O)O. The van der Waals surface area contributed by atoms with Crippen LogP contribution in [0, 0.1) is 11.3 Å². The molecule has 0 radical (unpaired) electrons. The van der Waals surface area contributed by atoms with Gasteiger partial charge in [-0.1, -0.05) is 0 Å². The number of aryl methyl sites for hydroxylation is 1. The van der Waals surface area contributed by atoms with E-state index >= 15 is 0 Å². The van der Waals surface area contributed by atoms with E-state index in [4.69, 9.17) is 14.3 Å². The average molecular weight is 372 g/mol. The van der Waals surface area contributed by atoms with Crippen LogP contribution in [0.1, 0.15) is 12.3 Å². The number of nitrogens with zero attached hydrogens (tertiary/aromatic N) is 3. The molecule has 0 saturated heterocycles. The van der Waals surface area contributed by atoms with Gasteiger partial charge in [-0.3, -0.25) is 9.59 Å². The molecule has 1 aliphatic heterocycles. The summed E-state index contributed by atoms with van der Waals surface area (Å²) in [6, 6.07) is 2.04. The van der Waals surface area contributed by atoms with Gasteiger partial charge in [0.2, 0.25) is 6.20 Å². The summed E-state index contributed by atoms with van der Waals surface area (Å²) >= 11 is 0. The van der Waals surface area contributed by atoms with Crippen LogP contribution in [0.4, 0.5) is 0 Å². The number of allylic oxidation sites excluding steroid dienone is 4. The number of carboxylic acids is 1. The van der Waals surface area contributed by atoms with Gasteiger partial charge in [0.25, 0.3) is 6.47 Å². The molecule has 9 nitrogen and oxygen atoms in total. The van der Waals surface area contributed by atoms with Crippen molar-refractivity contribution in [3.63, 3.8) is 0 Å². The molecule has 1 aromatic heterocycles. The van der Waals surface area contributed by atoms with Crippen molar-refractivity contribution in [2.24, 2.45) is 0 Å². The molecule has 0 fully saturated rings. The van der Waals surface area contributed by atoms with Gasteiger partial charge in [-0.2, -0.15) is 9.83 Å². The molecule has 0 aromatic carbocycles. The summed E-state index contributed by atoms with van der Waals surface area (Å²) in [5.41, 5.74) is 0.336. The van der Waals surface area contributed by atoms with E-state index in [-0.39, 0.29) is 19.6 Å². The van der Waals surface area contributed by atoms with Gasteiger partial charge in [0.15, 0.2) is 18.7 Å². The van der Waals surface area contributed by atoms with Gasteiger partial charge in [-0.15, -0.1) is 0 Å². The van der Waals surface area contributed by atoms with Crippen LogP contribution in [-0.4, -0.2) is 35.6 Å². The highest BCUT2D eigenvalue weighted by atomic mass is 16.5. The highest BCUT2D eigenvalue weighted by Crippen LogP contribution is 2.15. The second kappa shape index (κ2) is 10.2. The van der Waals surface area contributed by atoms with Gasteiger partial charge in [-0.05, 0) is 12.2 Å². The Morgan fingerprint density at radius 3 is 3.07 bits per heavy atom. The van der Waals surface area contributed by atoms with E-state index in [1.165, 1.54) is 12.5 Å². The second-order valence-corrected chi connectivity index (χ2v) is 5.21. The Labute approximate surface area is 155 Å². The van der Waals surface area contributed by atoms with E-state index in [2.05, 4.69) is 4.74 Å². The van der Waals surface area contributed by atoms with Crippen molar-refractivity contribution >= 4 is 18.5 Å². The number of rotatable bonds is 10. The van der Waals surface area contributed by atoms with Gasteiger partial charge in [0.1, 0.15) is 19.3 Å². The highest BCUT2D eigenvalue weighted by molar-refractivity contribution is 5.66. The van der Waals surface area contributed by atoms with Crippen LogP contribution in [0.2, 0.25) is 0 Å². The zero-order valence-electron chi connectivity index (χ0n) is 14.4. The minimum absolute atomic E-state index is 0.0356. The standard InChI is InChI=1S/C18H17N3O6/c19-13-15(1-3-16-20(8-11-26-16)6-5-18(23)24)2-4-17-21(9-12-27-17)7-10-25-14-22/h1-4,8-9,11-12,14H,5-7,10H2/p+1. The number of hydrogen-bond acceptors (Lipinski definition) is 7. The molecule has 0 amide bonds. The summed E-state index contributed by atoms with van der Waals surface area (Å²) in [6.45, 7) is 1.26. The molecule has 27 heavy (non-hydrogen) atoms. The van der Waals surface area contributed by atoms with Gasteiger partial charge < -0.3 is 23.9 Å². The molecule has 9 heteroatoms. The minimum Gasteiger partial charge on any atom is -0.481 e. The first-order chi connectivity index (χ1) is 13.1. The Morgan fingerprint density at radius 2 is 2.33 bits per heavy atom. The van der Waals surface area contributed by atoms with Crippen LogP contribution in [0.25, 0.3) is 6.08 Å². The molecule has 0 aliphatic carbocycles. The second-order valence-electron chi connectivity index (χ2n) is 5.21. The number of oxazole rings is 1. The first-order valence-electron chi connectivity index (χ1n) is 7.98. The van der Waals surface area contributed by atoms with Crippen LogP contribution in [0.15, 0.2) is 59.0 Å².